The van der Waals surface area contributed by atoms with Crippen LogP contribution in [0.25, 0.3) is 0 Å². The molecule has 1 aromatic rings. The topological polar surface area (TPSA) is 80.0 Å². The second kappa shape index (κ2) is 5.31. The van der Waals surface area contributed by atoms with Crippen LogP contribution in [0.5, 0.6) is 0 Å². The predicted molar refractivity (Wildman–Crippen MR) is 79.0 cm³/mol. The van der Waals surface area contributed by atoms with Gasteiger partial charge < -0.3 is 23.9 Å². The van der Waals surface area contributed by atoms with E-state index in [1.165, 1.54) is 3.57 Å². The van der Waals surface area contributed by atoms with Crippen molar-refractivity contribution in [3.05, 3.63) is 27.8 Å². The molecule has 1 heterocycles. The minimum absolute atomic E-state index is 0. The molecule has 1 aliphatic rings. The fourth-order valence-electron chi connectivity index (χ4n) is 1.84. The van der Waals surface area contributed by atoms with E-state index in [-0.39, 0.29) is 18.4 Å². The molecule has 1 aliphatic heterocycles. The van der Waals surface area contributed by atoms with Crippen LogP contribution in [0.1, 0.15) is 13.8 Å². The summed E-state index contributed by atoms with van der Waals surface area (Å²) in [4.78, 5) is 10.2. The molecule has 0 aromatic heterocycles. The Bertz CT molecular complexity index is 495. The predicted octanol–water partition coefficient (Wildman–Crippen LogP) is -1.52. The first kappa shape index (κ1) is 15.0. The van der Waals surface area contributed by atoms with E-state index in [2.05, 4.69) is 32.6 Å². The summed E-state index contributed by atoms with van der Waals surface area (Å²) in [5, 5.41) is 0. The maximum atomic E-state index is 5.93. The van der Waals surface area contributed by atoms with E-state index in [0.717, 1.165) is 5.69 Å². The van der Waals surface area contributed by atoms with Crippen molar-refractivity contribution < 1.29 is 12.4 Å². The normalized spacial score (nSPS) is 17.6. The average molecular weight is 379 g/mol. The van der Waals surface area contributed by atoms with Crippen molar-refractivity contribution in [1.29, 1.82) is 0 Å². The van der Waals surface area contributed by atoms with E-state index in [1.54, 1.807) is 0 Å². The van der Waals surface area contributed by atoms with Crippen molar-refractivity contribution >= 4 is 40.2 Å². The Kier molecular flexibility index (Phi) is 4.44. The number of hydrogen-bond acceptors (Lipinski definition) is 5. The highest BCUT2D eigenvalue weighted by molar-refractivity contribution is 14.1. The first-order chi connectivity index (χ1) is 7.90. The first-order valence-electron chi connectivity index (χ1n) is 5.15. The van der Waals surface area contributed by atoms with Gasteiger partial charge in [-0.05, 0) is 60.7 Å². The lowest BCUT2D eigenvalue weighted by Crippen LogP contribution is -3.00. The summed E-state index contributed by atoms with van der Waals surface area (Å²) in [5.41, 5.74) is 12.0. The molecule has 0 saturated heterocycles. The SMILES string of the molecule is CC1(C)N=C(N)N=C(N)N1c1ccc(I)cc1.[Cl-]. The Morgan fingerprint density at radius 1 is 1.17 bits per heavy atom. The molecule has 0 saturated carbocycles. The first-order valence-corrected chi connectivity index (χ1v) is 6.23. The van der Waals surface area contributed by atoms with Crippen LogP contribution in [0.15, 0.2) is 34.3 Å². The Balaban J connectivity index is 0.00000162. The van der Waals surface area contributed by atoms with E-state index >= 15 is 0 Å². The van der Waals surface area contributed by atoms with Gasteiger partial charge in [0.2, 0.25) is 11.9 Å². The van der Waals surface area contributed by atoms with Gasteiger partial charge in [0.1, 0.15) is 5.66 Å². The van der Waals surface area contributed by atoms with Crippen LogP contribution in [-0.2, 0) is 0 Å². The number of aliphatic imine (C=N–C) groups is 2. The third-order valence-electron chi connectivity index (χ3n) is 2.48. The van der Waals surface area contributed by atoms with Crippen molar-refractivity contribution in [3.63, 3.8) is 0 Å². The van der Waals surface area contributed by atoms with E-state index < -0.39 is 5.66 Å². The fraction of sp³-hybridized carbons (Fsp3) is 0.273. The van der Waals surface area contributed by atoms with Gasteiger partial charge in [0.05, 0.1) is 0 Å². The maximum Gasteiger partial charge on any atom is 0.220 e. The van der Waals surface area contributed by atoms with Crippen LogP contribution < -0.4 is 28.8 Å². The number of nitrogens with two attached hydrogens (primary N) is 2. The van der Waals surface area contributed by atoms with Crippen LogP contribution in [0.2, 0.25) is 0 Å². The lowest BCUT2D eigenvalue weighted by atomic mass is 10.1. The molecule has 18 heavy (non-hydrogen) atoms. The van der Waals surface area contributed by atoms with E-state index in [0.29, 0.717) is 5.96 Å². The third-order valence-corrected chi connectivity index (χ3v) is 3.20. The molecule has 2 rings (SSSR count). The molecule has 0 atom stereocenters. The zero-order valence-corrected chi connectivity index (χ0v) is 13.0. The van der Waals surface area contributed by atoms with Gasteiger partial charge in [-0.1, -0.05) is 0 Å². The van der Waals surface area contributed by atoms with Gasteiger partial charge >= 0.3 is 0 Å². The number of rotatable bonds is 1. The van der Waals surface area contributed by atoms with Crippen LogP contribution in [0.3, 0.4) is 0 Å². The summed E-state index contributed by atoms with van der Waals surface area (Å²) in [6.45, 7) is 3.89. The zero-order valence-electron chi connectivity index (χ0n) is 10.1. The second-order valence-corrected chi connectivity index (χ2v) is 5.49. The fourth-order valence-corrected chi connectivity index (χ4v) is 2.20. The van der Waals surface area contributed by atoms with E-state index in [9.17, 15) is 0 Å². The summed E-state index contributed by atoms with van der Waals surface area (Å²) < 4.78 is 1.17. The minimum Gasteiger partial charge on any atom is -1.00 e. The molecule has 0 radical (unpaired) electrons. The van der Waals surface area contributed by atoms with Crippen LogP contribution in [0, 0.1) is 3.57 Å². The van der Waals surface area contributed by atoms with Crippen molar-refractivity contribution in [3.8, 4) is 0 Å². The molecule has 7 heteroatoms. The Labute approximate surface area is 126 Å². The number of hydrogen-bond donors (Lipinski definition) is 2. The van der Waals surface area contributed by atoms with Gasteiger partial charge in [-0.25, -0.2) is 4.99 Å². The number of anilines is 1. The molecule has 0 amide bonds. The number of halogens is 2. The highest BCUT2D eigenvalue weighted by Gasteiger charge is 2.32. The summed E-state index contributed by atoms with van der Waals surface area (Å²) in [6, 6.07) is 8.01. The number of guanidine groups is 2. The number of benzene rings is 1. The largest absolute Gasteiger partial charge is 1.00 e. The van der Waals surface area contributed by atoms with E-state index in [1.807, 2.05) is 43.0 Å². The van der Waals surface area contributed by atoms with Gasteiger partial charge in [0, 0.05) is 9.26 Å². The summed E-state index contributed by atoms with van der Waals surface area (Å²) in [7, 11) is 0. The Morgan fingerprint density at radius 2 is 1.72 bits per heavy atom. The molecule has 0 bridgehead atoms. The standard InChI is InChI=1S/C11H14IN5.ClH/c1-11(2)16-9(13)15-10(14)17(11)8-5-3-7(12)4-6-8;/h3-6H,1-2H3,(H4,13,14,15,16);1H/p-1. The lowest BCUT2D eigenvalue weighted by Gasteiger charge is -2.38. The second-order valence-electron chi connectivity index (χ2n) is 4.25. The van der Waals surface area contributed by atoms with Gasteiger partial charge in [-0.15, -0.1) is 0 Å². The van der Waals surface area contributed by atoms with Crippen molar-refractivity contribution in [2.45, 2.75) is 19.5 Å². The van der Waals surface area contributed by atoms with Crippen LogP contribution in [-0.4, -0.2) is 17.6 Å². The molecule has 0 aliphatic carbocycles. The summed E-state index contributed by atoms with van der Waals surface area (Å²) in [6.07, 6.45) is 0. The Hall–Kier alpha value is -1.02. The third kappa shape index (κ3) is 2.86. The maximum absolute atomic E-state index is 5.93. The van der Waals surface area contributed by atoms with Crippen LogP contribution >= 0.6 is 22.6 Å². The molecular formula is C11H14ClIN5-. The van der Waals surface area contributed by atoms with Gasteiger partial charge in [-0.3, -0.25) is 4.90 Å². The summed E-state index contributed by atoms with van der Waals surface area (Å²) >= 11 is 2.26. The van der Waals surface area contributed by atoms with Crippen molar-refractivity contribution in [2.75, 3.05) is 4.90 Å². The molecule has 98 valence electrons. The van der Waals surface area contributed by atoms with Crippen molar-refractivity contribution in [2.24, 2.45) is 21.5 Å². The average Bonchev–Trinajstić information content (AvgIpc) is 2.18. The Morgan fingerprint density at radius 3 is 2.22 bits per heavy atom. The highest BCUT2D eigenvalue weighted by Crippen LogP contribution is 2.27. The quantitative estimate of drug-likeness (QED) is 0.583. The van der Waals surface area contributed by atoms with Crippen LogP contribution in [0.4, 0.5) is 5.69 Å². The molecule has 0 unspecified atom stereocenters. The van der Waals surface area contributed by atoms with Crippen molar-refractivity contribution in [1.82, 2.24) is 0 Å². The molecule has 0 fully saturated rings. The molecule has 1 aromatic carbocycles. The lowest BCUT2D eigenvalue weighted by molar-refractivity contribution is -0.00000430. The summed E-state index contributed by atoms with van der Waals surface area (Å²) in [5.74, 6) is 0.581. The molecule has 4 N–H and O–H groups in total. The number of nitrogens with zero attached hydrogens (tertiary/aromatic N) is 3. The highest BCUT2D eigenvalue weighted by atomic mass is 127. The minimum atomic E-state index is -0.525. The van der Waals surface area contributed by atoms with E-state index in [4.69, 9.17) is 11.5 Å². The molecule has 0 spiro atoms. The van der Waals surface area contributed by atoms with Gasteiger partial charge in [-0.2, -0.15) is 4.99 Å². The molecular weight excluding hydrogens is 365 g/mol. The molecule has 5 nitrogen and oxygen atoms in total. The smallest absolute Gasteiger partial charge is 0.220 e. The monoisotopic (exact) mass is 378 g/mol. The zero-order chi connectivity index (χ0) is 12.6. The van der Waals surface area contributed by atoms with Gasteiger partial charge in [0.25, 0.3) is 0 Å². The van der Waals surface area contributed by atoms with Gasteiger partial charge in [0.15, 0.2) is 0 Å².